The quantitative estimate of drug-likeness (QED) is 0.445. The van der Waals surface area contributed by atoms with E-state index in [2.05, 4.69) is 10.1 Å². The van der Waals surface area contributed by atoms with Crippen LogP contribution in [0.3, 0.4) is 0 Å². The predicted octanol–water partition coefficient (Wildman–Crippen LogP) is 3.16. The highest BCUT2D eigenvalue weighted by molar-refractivity contribution is 6.06. The molecule has 0 aliphatic carbocycles. The molecule has 0 bridgehead atoms. The van der Waals surface area contributed by atoms with Crippen LogP contribution in [0.1, 0.15) is 12.5 Å². The maximum atomic E-state index is 12.9. The third-order valence-electron chi connectivity index (χ3n) is 4.71. The summed E-state index contributed by atoms with van der Waals surface area (Å²) in [6.07, 6.45) is 5.24. The number of ether oxygens (including phenoxy) is 2. The summed E-state index contributed by atoms with van der Waals surface area (Å²) >= 11 is 0. The first-order valence-electron chi connectivity index (χ1n) is 9.27. The number of allylic oxidation sites excluding steroid dienone is 1. The molecule has 0 unspecified atom stereocenters. The van der Waals surface area contributed by atoms with Crippen LogP contribution in [0.15, 0.2) is 72.4 Å². The molecular weight excluding hydrogens is 368 g/mol. The third-order valence-corrected chi connectivity index (χ3v) is 4.71. The van der Waals surface area contributed by atoms with Crippen molar-refractivity contribution in [2.24, 2.45) is 0 Å². The van der Waals surface area contributed by atoms with Crippen LogP contribution in [-0.4, -0.2) is 38.2 Å². The summed E-state index contributed by atoms with van der Waals surface area (Å²) in [5, 5.41) is 3.13. The molecule has 0 saturated carbocycles. The molecule has 0 aromatic heterocycles. The van der Waals surface area contributed by atoms with Crippen molar-refractivity contribution in [1.82, 2.24) is 5.32 Å². The summed E-state index contributed by atoms with van der Waals surface area (Å²) in [7, 11) is 2.94. The number of esters is 1. The number of rotatable bonds is 7. The SMILES string of the molecule is COC(=O)/C=C(\C)N[C@H]1C(=O)N(c2ccccc2)[C@H]1/C=C/c1ccccc1OC. The molecule has 0 radical (unpaired) electrons. The number of hydrogen-bond acceptors (Lipinski definition) is 5. The molecule has 1 N–H and O–H groups in total. The number of nitrogens with zero attached hydrogens (tertiary/aromatic N) is 1. The van der Waals surface area contributed by atoms with Gasteiger partial charge in [-0.2, -0.15) is 0 Å². The van der Waals surface area contributed by atoms with Gasteiger partial charge in [-0.3, -0.25) is 4.79 Å². The number of anilines is 1. The monoisotopic (exact) mass is 392 g/mol. The smallest absolute Gasteiger partial charge is 0.332 e. The molecular formula is C23H24N2O4. The van der Waals surface area contributed by atoms with Gasteiger partial charge in [-0.15, -0.1) is 0 Å². The fourth-order valence-electron chi connectivity index (χ4n) is 3.27. The molecule has 1 saturated heterocycles. The average Bonchev–Trinajstić information content (AvgIpc) is 2.75. The summed E-state index contributed by atoms with van der Waals surface area (Å²) in [5.41, 5.74) is 2.31. The number of benzene rings is 2. The van der Waals surface area contributed by atoms with Crippen LogP contribution in [0.2, 0.25) is 0 Å². The predicted molar refractivity (Wildman–Crippen MR) is 112 cm³/mol. The Morgan fingerprint density at radius 3 is 2.45 bits per heavy atom. The fourth-order valence-corrected chi connectivity index (χ4v) is 3.27. The second kappa shape index (κ2) is 9.10. The molecule has 6 nitrogen and oxygen atoms in total. The van der Waals surface area contributed by atoms with Crippen molar-refractivity contribution in [2.75, 3.05) is 19.1 Å². The first-order valence-corrected chi connectivity index (χ1v) is 9.27. The van der Waals surface area contributed by atoms with Gasteiger partial charge in [0, 0.05) is 23.0 Å². The Hall–Kier alpha value is -3.54. The number of carbonyl (C=O) groups excluding carboxylic acids is 2. The van der Waals surface area contributed by atoms with Crippen molar-refractivity contribution in [2.45, 2.75) is 19.0 Å². The molecule has 2 aromatic rings. The minimum atomic E-state index is -0.484. The Morgan fingerprint density at radius 2 is 1.76 bits per heavy atom. The van der Waals surface area contributed by atoms with Gasteiger partial charge in [-0.1, -0.05) is 48.6 Å². The number of para-hydroxylation sites is 2. The van der Waals surface area contributed by atoms with Gasteiger partial charge in [-0.05, 0) is 25.1 Å². The van der Waals surface area contributed by atoms with Gasteiger partial charge >= 0.3 is 5.97 Å². The van der Waals surface area contributed by atoms with Gasteiger partial charge in [0.15, 0.2) is 0 Å². The number of nitrogens with one attached hydrogen (secondary N) is 1. The van der Waals surface area contributed by atoms with E-state index in [1.165, 1.54) is 13.2 Å². The molecule has 1 amide bonds. The molecule has 2 aromatic carbocycles. The molecule has 29 heavy (non-hydrogen) atoms. The summed E-state index contributed by atoms with van der Waals surface area (Å²) < 4.78 is 10.1. The highest BCUT2D eigenvalue weighted by Gasteiger charge is 2.46. The first-order chi connectivity index (χ1) is 14.0. The maximum absolute atomic E-state index is 12.9. The molecule has 1 aliphatic heterocycles. The zero-order valence-corrected chi connectivity index (χ0v) is 16.7. The van der Waals surface area contributed by atoms with Crippen molar-refractivity contribution in [3.8, 4) is 5.75 Å². The normalized spacial score (nSPS) is 19.1. The minimum Gasteiger partial charge on any atom is -0.496 e. The number of hydrogen-bond donors (Lipinski definition) is 1. The van der Waals surface area contributed by atoms with Crippen LogP contribution in [0, 0.1) is 0 Å². The third kappa shape index (κ3) is 4.48. The summed E-state index contributed by atoms with van der Waals surface area (Å²) in [6, 6.07) is 16.5. The van der Waals surface area contributed by atoms with E-state index in [-0.39, 0.29) is 11.9 Å². The maximum Gasteiger partial charge on any atom is 0.332 e. The highest BCUT2D eigenvalue weighted by Crippen LogP contribution is 2.30. The summed E-state index contributed by atoms with van der Waals surface area (Å²) in [4.78, 5) is 26.1. The van der Waals surface area contributed by atoms with E-state index in [9.17, 15) is 9.59 Å². The Morgan fingerprint density at radius 1 is 1.07 bits per heavy atom. The standard InChI is InChI=1S/C23H24N2O4/c1-16(15-21(26)29-3)24-22-19(14-13-17-9-7-8-12-20(17)28-2)25(23(22)27)18-10-5-4-6-11-18/h4-15,19,22,24H,1-3H3/b14-13+,16-15+/t19-,22+/m0/s1. The second-order valence-corrected chi connectivity index (χ2v) is 6.61. The second-order valence-electron chi connectivity index (χ2n) is 6.61. The fraction of sp³-hybridized carbons (Fsp3) is 0.217. The zero-order chi connectivity index (χ0) is 20.8. The van der Waals surface area contributed by atoms with E-state index in [1.807, 2.05) is 66.7 Å². The van der Waals surface area contributed by atoms with Crippen molar-refractivity contribution in [3.63, 3.8) is 0 Å². The largest absolute Gasteiger partial charge is 0.496 e. The molecule has 2 atom stereocenters. The van der Waals surface area contributed by atoms with Crippen LogP contribution in [0.5, 0.6) is 5.75 Å². The lowest BCUT2D eigenvalue weighted by atomic mass is 9.92. The van der Waals surface area contributed by atoms with Gasteiger partial charge in [0.05, 0.1) is 20.3 Å². The molecule has 1 heterocycles. The van der Waals surface area contributed by atoms with E-state index >= 15 is 0 Å². The van der Waals surface area contributed by atoms with E-state index in [0.29, 0.717) is 5.70 Å². The van der Waals surface area contributed by atoms with Crippen molar-refractivity contribution < 1.29 is 19.1 Å². The molecule has 1 fully saturated rings. The number of amides is 1. The number of carbonyl (C=O) groups is 2. The lowest BCUT2D eigenvalue weighted by molar-refractivity contribution is -0.135. The Labute approximate surface area is 170 Å². The first kappa shape index (κ1) is 20.2. The van der Waals surface area contributed by atoms with E-state index in [0.717, 1.165) is 17.0 Å². The average molecular weight is 392 g/mol. The number of methoxy groups -OCH3 is 2. The molecule has 6 heteroatoms. The van der Waals surface area contributed by atoms with Crippen molar-refractivity contribution in [3.05, 3.63) is 78.0 Å². The van der Waals surface area contributed by atoms with Crippen LogP contribution in [0.4, 0.5) is 5.69 Å². The van der Waals surface area contributed by atoms with Crippen LogP contribution < -0.4 is 15.0 Å². The van der Waals surface area contributed by atoms with E-state index in [1.54, 1.807) is 18.9 Å². The molecule has 1 aliphatic rings. The zero-order valence-electron chi connectivity index (χ0n) is 16.7. The van der Waals surface area contributed by atoms with Crippen LogP contribution in [-0.2, 0) is 14.3 Å². The van der Waals surface area contributed by atoms with Crippen molar-refractivity contribution in [1.29, 1.82) is 0 Å². The number of β-lactam (4-membered cyclic amide) rings is 1. The summed E-state index contributed by atoms with van der Waals surface area (Å²) in [6.45, 7) is 1.73. The Bertz CT molecular complexity index is 937. The molecule has 0 spiro atoms. The van der Waals surface area contributed by atoms with Gasteiger partial charge in [0.25, 0.3) is 5.91 Å². The minimum absolute atomic E-state index is 0.0662. The molecule has 3 rings (SSSR count). The Balaban J connectivity index is 1.88. The Kier molecular flexibility index (Phi) is 6.34. The van der Waals surface area contributed by atoms with Crippen LogP contribution >= 0.6 is 0 Å². The van der Waals surface area contributed by atoms with E-state index in [4.69, 9.17) is 4.74 Å². The summed E-state index contributed by atoms with van der Waals surface area (Å²) in [5.74, 6) is 0.221. The van der Waals surface area contributed by atoms with Crippen LogP contribution in [0.25, 0.3) is 6.08 Å². The van der Waals surface area contributed by atoms with Gasteiger partial charge < -0.3 is 19.7 Å². The highest BCUT2D eigenvalue weighted by atomic mass is 16.5. The lowest BCUT2D eigenvalue weighted by Gasteiger charge is -2.46. The van der Waals surface area contributed by atoms with Gasteiger partial charge in [0.2, 0.25) is 0 Å². The lowest BCUT2D eigenvalue weighted by Crippen LogP contribution is -2.69. The topological polar surface area (TPSA) is 67.9 Å². The molecule has 150 valence electrons. The van der Waals surface area contributed by atoms with Gasteiger partial charge in [-0.25, -0.2) is 4.79 Å². The van der Waals surface area contributed by atoms with E-state index < -0.39 is 12.0 Å². The van der Waals surface area contributed by atoms with Crippen molar-refractivity contribution >= 4 is 23.6 Å². The van der Waals surface area contributed by atoms with Gasteiger partial charge in [0.1, 0.15) is 11.8 Å².